The largest absolute Gasteiger partial charge is 0.369 e. The smallest absolute Gasteiger partial charge is 0.252 e. The predicted octanol–water partition coefficient (Wildman–Crippen LogP) is 2.15. The third kappa shape index (κ3) is 3.47. The van der Waals surface area contributed by atoms with Crippen molar-refractivity contribution in [2.75, 3.05) is 26.7 Å². The van der Waals surface area contributed by atoms with Gasteiger partial charge in [0.05, 0.1) is 17.9 Å². The van der Waals surface area contributed by atoms with Crippen LogP contribution < -0.4 is 5.32 Å². The van der Waals surface area contributed by atoms with Crippen molar-refractivity contribution in [2.24, 2.45) is 0 Å². The van der Waals surface area contributed by atoms with Gasteiger partial charge in [0.1, 0.15) is 6.10 Å². The van der Waals surface area contributed by atoms with E-state index in [-0.39, 0.29) is 12.0 Å². The van der Waals surface area contributed by atoms with Crippen LogP contribution in [0.4, 0.5) is 0 Å². The Balaban J connectivity index is 1.65. The van der Waals surface area contributed by atoms with E-state index in [2.05, 4.69) is 15.2 Å². The lowest BCUT2D eigenvalue weighted by atomic mass is 9.93. The number of ether oxygens (including phenoxy) is 1. The van der Waals surface area contributed by atoms with Gasteiger partial charge in [0.2, 0.25) is 0 Å². The Morgan fingerprint density at radius 3 is 2.82 bits per heavy atom. The fourth-order valence-electron chi connectivity index (χ4n) is 3.50. The average Bonchev–Trinajstić information content (AvgIpc) is 2.62. The highest BCUT2D eigenvalue weighted by Crippen LogP contribution is 2.28. The first-order valence-corrected chi connectivity index (χ1v) is 8.31. The lowest BCUT2D eigenvalue weighted by Crippen LogP contribution is -2.45. The molecule has 0 aromatic carbocycles. The van der Waals surface area contributed by atoms with E-state index in [0.717, 1.165) is 25.4 Å². The summed E-state index contributed by atoms with van der Waals surface area (Å²) in [5.74, 6) is -0.104. The number of nitrogens with zero attached hydrogens (tertiary/aromatic N) is 2. The van der Waals surface area contributed by atoms with E-state index >= 15 is 0 Å². The molecule has 3 rings (SSSR count). The predicted molar refractivity (Wildman–Crippen MR) is 84.8 cm³/mol. The second kappa shape index (κ2) is 7.20. The van der Waals surface area contributed by atoms with Crippen molar-refractivity contribution in [3.05, 3.63) is 29.6 Å². The third-order valence-corrected chi connectivity index (χ3v) is 4.79. The molecule has 0 radical (unpaired) electrons. The van der Waals surface area contributed by atoms with Crippen molar-refractivity contribution in [3.8, 4) is 0 Å². The number of pyridine rings is 1. The molecule has 1 aliphatic carbocycles. The highest BCUT2D eigenvalue weighted by Gasteiger charge is 2.28. The van der Waals surface area contributed by atoms with Crippen molar-refractivity contribution in [2.45, 2.75) is 44.2 Å². The molecular weight excluding hydrogens is 278 g/mol. The monoisotopic (exact) mass is 303 g/mol. The van der Waals surface area contributed by atoms with Gasteiger partial charge in [-0.15, -0.1) is 0 Å². The van der Waals surface area contributed by atoms with Crippen LogP contribution in [0.25, 0.3) is 0 Å². The molecule has 0 unspecified atom stereocenters. The Bertz CT molecular complexity index is 497. The maximum Gasteiger partial charge on any atom is 0.252 e. The van der Waals surface area contributed by atoms with Gasteiger partial charge in [0.15, 0.2) is 0 Å². The van der Waals surface area contributed by atoms with Gasteiger partial charge in [-0.1, -0.05) is 19.3 Å². The summed E-state index contributed by atoms with van der Waals surface area (Å²) in [7, 11) is 1.63. The standard InChI is InChI=1S/C17H25N3O2/c1-18-17(21)13-7-8-15(19-11-13)16-12-20(9-10-22-16)14-5-3-2-4-6-14/h7-8,11,14,16H,2-6,9-10,12H2,1H3,(H,18,21)/t16-/m0/s1. The zero-order chi connectivity index (χ0) is 15.4. The van der Waals surface area contributed by atoms with Crippen LogP contribution in [0.1, 0.15) is 54.3 Å². The van der Waals surface area contributed by atoms with Crippen LogP contribution in [0.2, 0.25) is 0 Å². The van der Waals surface area contributed by atoms with Crippen LogP contribution in [-0.2, 0) is 4.74 Å². The molecule has 1 atom stereocenters. The van der Waals surface area contributed by atoms with Gasteiger partial charge >= 0.3 is 0 Å². The number of amides is 1. The maximum atomic E-state index is 11.6. The van der Waals surface area contributed by atoms with Crippen LogP contribution in [0.5, 0.6) is 0 Å². The highest BCUT2D eigenvalue weighted by atomic mass is 16.5. The van der Waals surface area contributed by atoms with Crippen LogP contribution in [-0.4, -0.2) is 48.6 Å². The number of carbonyl (C=O) groups is 1. The molecule has 2 heterocycles. The Kier molecular flexibility index (Phi) is 5.05. The number of hydrogen-bond donors (Lipinski definition) is 1. The zero-order valence-electron chi connectivity index (χ0n) is 13.3. The van der Waals surface area contributed by atoms with Gasteiger partial charge in [-0.25, -0.2) is 0 Å². The molecule has 1 N–H and O–H groups in total. The van der Waals surface area contributed by atoms with Crippen LogP contribution in [0, 0.1) is 0 Å². The second-order valence-corrected chi connectivity index (χ2v) is 6.20. The molecule has 2 aliphatic rings. The number of carbonyl (C=O) groups excluding carboxylic acids is 1. The molecule has 1 aromatic rings. The van der Waals surface area contributed by atoms with Gasteiger partial charge in [0, 0.05) is 32.4 Å². The molecule has 0 bridgehead atoms. The minimum absolute atomic E-state index is 0.0226. The average molecular weight is 303 g/mol. The SMILES string of the molecule is CNC(=O)c1ccc([C@@H]2CN(C3CCCCC3)CCO2)nc1. The van der Waals surface area contributed by atoms with Crippen LogP contribution >= 0.6 is 0 Å². The fraction of sp³-hybridized carbons (Fsp3) is 0.647. The van der Waals surface area contributed by atoms with Crippen molar-refractivity contribution < 1.29 is 9.53 Å². The minimum Gasteiger partial charge on any atom is -0.369 e. The number of aromatic nitrogens is 1. The van der Waals surface area contributed by atoms with Crippen molar-refractivity contribution in [3.63, 3.8) is 0 Å². The molecule has 5 nitrogen and oxygen atoms in total. The molecule has 1 aliphatic heterocycles. The Labute approximate surface area is 132 Å². The fourth-order valence-corrected chi connectivity index (χ4v) is 3.50. The van der Waals surface area contributed by atoms with E-state index < -0.39 is 0 Å². The van der Waals surface area contributed by atoms with Crippen molar-refractivity contribution in [1.82, 2.24) is 15.2 Å². The van der Waals surface area contributed by atoms with Gasteiger partial charge < -0.3 is 10.1 Å². The quantitative estimate of drug-likeness (QED) is 0.929. The normalized spacial score (nSPS) is 24.1. The van der Waals surface area contributed by atoms with Gasteiger partial charge in [-0.3, -0.25) is 14.7 Å². The highest BCUT2D eigenvalue weighted by molar-refractivity contribution is 5.93. The Morgan fingerprint density at radius 1 is 1.32 bits per heavy atom. The first kappa shape index (κ1) is 15.4. The Morgan fingerprint density at radius 2 is 2.14 bits per heavy atom. The van der Waals surface area contributed by atoms with Crippen molar-refractivity contribution in [1.29, 1.82) is 0 Å². The Hall–Kier alpha value is -1.46. The summed E-state index contributed by atoms with van der Waals surface area (Å²) in [6, 6.07) is 4.45. The summed E-state index contributed by atoms with van der Waals surface area (Å²) in [6.07, 6.45) is 8.38. The molecule has 1 saturated heterocycles. The van der Waals surface area contributed by atoms with E-state index in [9.17, 15) is 4.79 Å². The molecule has 1 aromatic heterocycles. The molecular formula is C17H25N3O2. The van der Waals surface area contributed by atoms with E-state index in [1.165, 1.54) is 32.1 Å². The molecule has 22 heavy (non-hydrogen) atoms. The van der Waals surface area contributed by atoms with Crippen LogP contribution in [0.15, 0.2) is 18.3 Å². The molecule has 0 spiro atoms. The maximum absolute atomic E-state index is 11.6. The van der Waals surface area contributed by atoms with E-state index in [4.69, 9.17) is 4.74 Å². The van der Waals surface area contributed by atoms with E-state index in [1.807, 2.05) is 12.1 Å². The third-order valence-electron chi connectivity index (χ3n) is 4.79. The van der Waals surface area contributed by atoms with E-state index in [1.54, 1.807) is 13.2 Å². The van der Waals surface area contributed by atoms with E-state index in [0.29, 0.717) is 11.6 Å². The summed E-state index contributed by atoms with van der Waals surface area (Å²) in [4.78, 5) is 18.6. The molecule has 2 fully saturated rings. The summed E-state index contributed by atoms with van der Waals surface area (Å²) in [6.45, 7) is 2.70. The first-order chi connectivity index (χ1) is 10.8. The number of nitrogens with one attached hydrogen (secondary N) is 1. The van der Waals surface area contributed by atoms with Crippen LogP contribution in [0.3, 0.4) is 0 Å². The number of rotatable bonds is 3. The van der Waals surface area contributed by atoms with Gasteiger partial charge in [-0.2, -0.15) is 0 Å². The zero-order valence-corrected chi connectivity index (χ0v) is 13.3. The first-order valence-electron chi connectivity index (χ1n) is 8.31. The number of morpholine rings is 1. The van der Waals surface area contributed by atoms with Crippen molar-refractivity contribution >= 4 is 5.91 Å². The lowest BCUT2D eigenvalue weighted by molar-refractivity contribution is -0.0516. The second-order valence-electron chi connectivity index (χ2n) is 6.20. The van der Waals surface area contributed by atoms with Gasteiger partial charge in [-0.05, 0) is 25.0 Å². The molecule has 120 valence electrons. The molecule has 5 heteroatoms. The summed E-state index contributed by atoms with van der Waals surface area (Å²) in [5, 5.41) is 2.61. The molecule has 1 amide bonds. The summed E-state index contributed by atoms with van der Waals surface area (Å²) >= 11 is 0. The topological polar surface area (TPSA) is 54.5 Å². The summed E-state index contributed by atoms with van der Waals surface area (Å²) < 4.78 is 5.91. The number of hydrogen-bond acceptors (Lipinski definition) is 4. The minimum atomic E-state index is -0.104. The molecule has 1 saturated carbocycles. The lowest BCUT2D eigenvalue weighted by Gasteiger charge is -2.39. The van der Waals surface area contributed by atoms with Gasteiger partial charge in [0.25, 0.3) is 5.91 Å². The summed E-state index contributed by atoms with van der Waals surface area (Å²) in [5.41, 5.74) is 1.51.